The quantitative estimate of drug-likeness (QED) is 0.419. The minimum atomic E-state index is 0.977. The van der Waals surface area contributed by atoms with Gasteiger partial charge in [-0.3, -0.25) is 9.97 Å². The molecule has 3 heterocycles. The average molecular weight is 292 g/mol. The van der Waals surface area contributed by atoms with Crippen LogP contribution in [0.1, 0.15) is 9.75 Å². The summed E-state index contributed by atoms with van der Waals surface area (Å²) in [5.74, 6) is 0. The first kappa shape index (κ1) is 13.7. The molecule has 3 aromatic heterocycles. The van der Waals surface area contributed by atoms with Crippen molar-refractivity contribution in [2.45, 2.75) is 13.8 Å². The number of aryl methyl sites for hydroxylation is 2. The van der Waals surface area contributed by atoms with Gasteiger partial charge in [-0.05, 0) is 38.1 Å². The van der Waals surface area contributed by atoms with Crippen LogP contribution in [-0.2, 0) is 0 Å². The molecule has 0 N–H and O–H groups in total. The Labute approximate surface area is 128 Å². The molecule has 0 fully saturated rings. The van der Waals surface area contributed by atoms with Crippen molar-refractivity contribution in [1.82, 2.24) is 9.97 Å². The van der Waals surface area contributed by atoms with E-state index in [4.69, 9.17) is 0 Å². The Morgan fingerprint density at radius 3 is 1.52 bits per heavy atom. The number of pyridine rings is 2. The summed E-state index contributed by atoms with van der Waals surface area (Å²) in [5.41, 5.74) is 1.95. The maximum Gasteiger partial charge on any atom is 0.0964 e. The number of rotatable bonds is 0. The highest BCUT2D eigenvalue weighted by Crippen LogP contribution is 2.20. The van der Waals surface area contributed by atoms with Gasteiger partial charge in [0.15, 0.2) is 0 Å². The van der Waals surface area contributed by atoms with E-state index in [1.165, 1.54) is 9.75 Å². The molecule has 0 atom stereocenters. The normalized spacial score (nSPS) is 10.4. The predicted molar refractivity (Wildman–Crippen MR) is 90.8 cm³/mol. The smallest absolute Gasteiger partial charge is 0.0964 e. The lowest BCUT2D eigenvalue weighted by Crippen LogP contribution is -1.83. The number of fused-ring (bicyclic) bond motifs is 3. The molecule has 21 heavy (non-hydrogen) atoms. The number of benzene rings is 1. The number of hydrogen-bond acceptors (Lipinski definition) is 3. The van der Waals surface area contributed by atoms with Crippen molar-refractivity contribution in [2.24, 2.45) is 0 Å². The van der Waals surface area contributed by atoms with Crippen molar-refractivity contribution >= 4 is 33.1 Å². The van der Waals surface area contributed by atoms with Gasteiger partial charge in [0.05, 0.1) is 11.0 Å². The second kappa shape index (κ2) is 6.02. The van der Waals surface area contributed by atoms with Crippen molar-refractivity contribution < 1.29 is 0 Å². The number of aromatic nitrogens is 2. The SMILES string of the molecule is Cc1ccc(C)s1.c1cnc2c(c1)ccc1cccnc12. The molecule has 0 radical (unpaired) electrons. The zero-order valence-electron chi connectivity index (χ0n) is 12.1. The van der Waals surface area contributed by atoms with Crippen LogP contribution >= 0.6 is 11.3 Å². The molecule has 0 aliphatic heterocycles. The Morgan fingerprint density at radius 2 is 1.14 bits per heavy atom. The van der Waals surface area contributed by atoms with Crippen LogP contribution in [0, 0.1) is 13.8 Å². The minimum absolute atomic E-state index is 0.977. The van der Waals surface area contributed by atoms with Gasteiger partial charge in [-0.25, -0.2) is 0 Å². The lowest BCUT2D eigenvalue weighted by Gasteiger charge is -2.00. The summed E-state index contributed by atoms with van der Waals surface area (Å²) in [7, 11) is 0. The van der Waals surface area contributed by atoms with Crippen LogP contribution in [0.3, 0.4) is 0 Å². The van der Waals surface area contributed by atoms with Gasteiger partial charge in [0.2, 0.25) is 0 Å². The maximum atomic E-state index is 4.35. The molecular weight excluding hydrogens is 276 g/mol. The first-order valence-corrected chi connectivity index (χ1v) is 7.67. The summed E-state index contributed by atoms with van der Waals surface area (Å²) in [6.07, 6.45) is 3.60. The van der Waals surface area contributed by atoms with Crippen molar-refractivity contribution in [3.05, 3.63) is 70.7 Å². The Bertz CT molecular complexity index is 809. The van der Waals surface area contributed by atoms with Crippen molar-refractivity contribution in [3.63, 3.8) is 0 Å². The molecule has 4 rings (SSSR count). The van der Waals surface area contributed by atoms with Gasteiger partial charge in [0.1, 0.15) is 0 Å². The van der Waals surface area contributed by atoms with Crippen molar-refractivity contribution in [2.75, 3.05) is 0 Å². The lowest BCUT2D eigenvalue weighted by atomic mass is 10.1. The van der Waals surface area contributed by atoms with Gasteiger partial charge in [-0.1, -0.05) is 24.3 Å². The molecule has 0 aliphatic carbocycles. The first-order chi connectivity index (χ1) is 10.2. The van der Waals surface area contributed by atoms with E-state index in [0.29, 0.717) is 0 Å². The molecule has 1 aromatic carbocycles. The molecule has 0 saturated heterocycles. The third-order valence-corrected chi connectivity index (χ3v) is 4.14. The molecule has 0 bridgehead atoms. The van der Waals surface area contributed by atoms with Gasteiger partial charge in [-0.15, -0.1) is 11.3 Å². The van der Waals surface area contributed by atoms with E-state index in [9.17, 15) is 0 Å². The molecule has 2 nitrogen and oxygen atoms in total. The minimum Gasteiger partial charge on any atom is -0.254 e. The Hall–Kier alpha value is -2.26. The van der Waals surface area contributed by atoms with Crippen LogP contribution in [-0.4, -0.2) is 9.97 Å². The zero-order valence-corrected chi connectivity index (χ0v) is 12.9. The zero-order chi connectivity index (χ0) is 14.7. The largest absolute Gasteiger partial charge is 0.254 e. The fourth-order valence-corrected chi connectivity index (χ4v) is 3.02. The standard InChI is InChI=1S/C12H8N2.C6H8S/c1-3-9-5-6-10-4-2-8-14-12(10)11(9)13-7-1;1-5-3-4-6(2)7-5/h1-8H;3-4H,1-2H3. The monoisotopic (exact) mass is 292 g/mol. The lowest BCUT2D eigenvalue weighted by molar-refractivity contribution is 1.37. The number of nitrogens with zero attached hydrogens (tertiary/aromatic N) is 2. The Kier molecular flexibility index (Phi) is 3.93. The molecule has 0 aliphatic rings. The summed E-state index contributed by atoms with van der Waals surface area (Å²) < 4.78 is 0. The van der Waals surface area contributed by atoms with Gasteiger partial charge in [-0.2, -0.15) is 0 Å². The van der Waals surface area contributed by atoms with Crippen LogP contribution in [0.15, 0.2) is 60.9 Å². The van der Waals surface area contributed by atoms with E-state index < -0.39 is 0 Å². The highest BCUT2D eigenvalue weighted by molar-refractivity contribution is 7.11. The third-order valence-electron chi connectivity index (χ3n) is 3.22. The molecule has 104 valence electrons. The molecule has 0 amide bonds. The average Bonchev–Trinajstić information content (AvgIpc) is 2.91. The highest BCUT2D eigenvalue weighted by atomic mass is 32.1. The molecule has 0 unspecified atom stereocenters. The van der Waals surface area contributed by atoms with Crippen LogP contribution in [0.4, 0.5) is 0 Å². The predicted octanol–water partition coefficient (Wildman–Crippen LogP) is 5.15. The summed E-state index contributed by atoms with van der Waals surface area (Å²) in [4.78, 5) is 11.5. The van der Waals surface area contributed by atoms with Crippen molar-refractivity contribution in [1.29, 1.82) is 0 Å². The summed E-state index contributed by atoms with van der Waals surface area (Å²) in [6, 6.07) is 16.4. The second-order valence-electron chi connectivity index (χ2n) is 4.87. The molecule has 3 heteroatoms. The maximum absolute atomic E-state index is 4.35. The van der Waals surface area contributed by atoms with Crippen LogP contribution < -0.4 is 0 Å². The molecule has 4 aromatic rings. The molecule has 0 spiro atoms. The summed E-state index contributed by atoms with van der Waals surface area (Å²) in [6.45, 7) is 4.25. The number of hydrogen-bond donors (Lipinski definition) is 0. The van der Waals surface area contributed by atoms with Gasteiger partial charge >= 0.3 is 0 Å². The fourth-order valence-electron chi connectivity index (χ4n) is 2.24. The highest BCUT2D eigenvalue weighted by Gasteiger charge is 2.00. The van der Waals surface area contributed by atoms with E-state index in [1.54, 1.807) is 12.4 Å². The second-order valence-corrected chi connectivity index (χ2v) is 6.36. The van der Waals surface area contributed by atoms with Crippen LogP contribution in [0.5, 0.6) is 0 Å². The Balaban J connectivity index is 0.000000160. The topological polar surface area (TPSA) is 25.8 Å². The first-order valence-electron chi connectivity index (χ1n) is 6.85. The fraction of sp³-hybridized carbons (Fsp3) is 0.111. The molecular formula is C18H16N2S. The number of thiophene rings is 1. The summed E-state index contributed by atoms with van der Waals surface area (Å²) >= 11 is 1.84. The Morgan fingerprint density at radius 1 is 0.667 bits per heavy atom. The van der Waals surface area contributed by atoms with E-state index in [-0.39, 0.29) is 0 Å². The van der Waals surface area contributed by atoms with Crippen molar-refractivity contribution in [3.8, 4) is 0 Å². The van der Waals surface area contributed by atoms with Crippen LogP contribution in [0.2, 0.25) is 0 Å². The van der Waals surface area contributed by atoms with E-state index in [1.807, 2.05) is 23.5 Å². The van der Waals surface area contributed by atoms with E-state index in [0.717, 1.165) is 21.8 Å². The van der Waals surface area contributed by atoms with Gasteiger partial charge in [0, 0.05) is 32.9 Å². The van der Waals surface area contributed by atoms with Crippen LogP contribution in [0.25, 0.3) is 21.8 Å². The van der Waals surface area contributed by atoms with Gasteiger partial charge in [0.25, 0.3) is 0 Å². The van der Waals surface area contributed by atoms with E-state index in [2.05, 4.69) is 60.2 Å². The van der Waals surface area contributed by atoms with E-state index >= 15 is 0 Å². The third kappa shape index (κ3) is 3.09. The van der Waals surface area contributed by atoms with Gasteiger partial charge < -0.3 is 0 Å². The molecule has 0 saturated carbocycles. The summed E-state index contributed by atoms with van der Waals surface area (Å²) in [5, 5.41) is 2.28.